The Hall–Kier alpha value is -1.32. The minimum absolute atomic E-state index is 0.119. The highest BCUT2D eigenvalue weighted by atomic mass is 16.5. The third kappa shape index (κ3) is 3.82. The zero-order valence-electron chi connectivity index (χ0n) is 11.8. The van der Waals surface area contributed by atoms with E-state index in [1.165, 1.54) is 12.8 Å². The summed E-state index contributed by atoms with van der Waals surface area (Å²) in [7, 11) is 1.94. The van der Waals surface area contributed by atoms with Crippen molar-refractivity contribution < 1.29 is 9.15 Å². The zero-order valence-corrected chi connectivity index (χ0v) is 11.8. The van der Waals surface area contributed by atoms with Gasteiger partial charge in [-0.2, -0.15) is 0 Å². The van der Waals surface area contributed by atoms with Crippen LogP contribution < -0.4 is 5.32 Å². The molecule has 1 heterocycles. The Balaban J connectivity index is 1.93. The summed E-state index contributed by atoms with van der Waals surface area (Å²) in [6.45, 7) is 3.68. The lowest BCUT2D eigenvalue weighted by molar-refractivity contribution is 0.105. The Morgan fingerprint density at radius 1 is 1.26 bits per heavy atom. The van der Waals surface area contributed by atoms with Crippen molar-refractivity contribution in [1.82, 2.24) is 5.32 Å². The summed E-state index contributed by atoms with van der Waals surface area (Å²) in [5.41, 5.74) is 0.934. The Morgan fingerprint density at radius 3 is 2.84 bits per heavy atom. The molecule has 0 fully saturated rings. The van der Waals surface area contributed by atoms with E-state index in [9.17, 15) is 0 Å². The number of fused-ring (bicyclic) bond motifs is 1. The number of hydrogen-bond acceptors (Lipinski definition) is 3. The monoisotopic (exact) mass is 261 g/mol. The van der Waals surface area contributed by atoms with Crippen molar-refractivity contribution in [3.63, 3.8) is 0 Å². The summed E-state index contributed by atoms with van der Waals surface area (Å²) in [6, 6.07) is 10.3. The first-order chi connectivity index (χ1) is 9.35. The summed E-state index contributed by atoms with van der Waals surface area (Å²) in [5, 5.41) is 4.39. The number of furan rings is 1. The Labute approximate surface area is 114 Å². The SMILES string of the molecule is CCCCCOCC(NC)c1cc2ccccc2o1. The first kappa shape index (κ1) is 14.1. The van der Waals surface area contributed by atoms with Crippen LogP contribution >= 0.6 is 0 Å². The lowest BCUT2D eigenvalue weighted by Crippen LogP contribution is -2.21. The van der Waals surface area contributed by atoms with Crippen LogP contribution in [0.2, 0.25) is 0 Å². The molecule has 0 saturated carbocycles. The predicted molar refractivity (Wildman–Crippen MR) is 78.4 cm³/mol. The molecule has 0 saturated heterocycles. The summed E-state index contributed by atoms with van der Waals surface area (Å²) in [4.78, 5) is 0. The van der Waals surface area contributed by atoms with Crippen molar-refractivity contribution >= 4 is 11.0 Å². The molecule has 1 N–H and O–H groups in total. The molecule has 1 aromatic heterocycles. The number of likely N-dealkylation sites (N-methyl/N-ethyl adjacent to an activating group) is 1. The van der Waals surface area contributed by atoms with Crippen molar-refractivity contribution in [2.24, 2.45) is 0 Å². The zero-order chi connectivity index (χ0) is 13.5. The molecule has 2 aromatic rings. The van der Waals surface area contributed by atoms with Crippen LogP contribution in [0.25, 0.3) is 11.0 Å². The van der Waals surface area contributed by atoms with Gasteiger partial charge in [0.1, 0.15) is 11.3 Å². The third-order valence-electron chi connectivity index (χ3n) is 3.31. The fourth-order valence-corrected chi connectivity index (χ4v) is 2.14. The summed E-state index contributed by atoms with van der Waals surface area (Å²) in [5.74, 6) is 0.944. The van der Waals surface area contributed by atoms with Gasteiger partial charge in [0.25, 0.3) is 0 Å². The van der Waals surface area contributed by atoms with Crippen LogP contribution in [0, 0.1) is 0 Å². The number of unbranched alkanes of at least 4 members (excludes halogenated alkanes) is 2. The normalized spacial score (nSPS) is 12.9. The Bertz CT molecular complexity index is 459. The number of hydrogen-bond donors (Lipinski definition) is 1. The van der Waals surface area contributed by atoms with Crippen molar-refractivity contribution in [3.05, 3.63) is 36.1 Å². The summed E-state index contributed by atoms with van der Waals surface area (Å²) < 4.78 is 11.6. The van der Waals surface area contributed by atoms with Gasteiger partial charge in [0.2, 0.25) is 0 Å². The predicted octanol–water partition coefficient (Wildman–Crippen LogP) is 3.90. The smallest absolute Gasteiger partial charge is 0.134 e. The molecule has 0 aliphatic heterocycles. The second kappa shape index (κ2) is 7.31. The highest BCUT2D eigenvalue weighted by molar-refractivity contribution is 5.77. The van der Waals surface area contributed by atoms with E-state index in [4.69, 9.17) is 9.15 Å². The van der Waals surface area contributed by atoms with Gasteiger partial charge in [-0.05, 0) is 25.6 Å². The minimum Gasteiger partial charge on any atom is -0.459 e. The molecule has 3 nitrogen and oxygen atoms in total. The van der Waals surface area contributed by atoms with Gasteiger partial charge in [-0.3, -0.25) is 0 Å². The molecule has 19 heavy (non-hydrogen) atoms. The van der Waals surface area contributed by atoms with Gasteiger partial charge in [-0.15, -0.1) is 0 Å². The Kier molecular flexibility index (Phi) is 5.43. The maximum absolute atomic E-state index is 5.86. The van der Waals surface area contributed by atoms with E-state index >= 15 is 0 Å². The highest BCUT2D eigenvalue weighted by Crippen LogP contribution is 2.23. The van der Waals surface area contributed by atoms with Crippen LogP contribution in [-0.2, 0) is 4.74 Å². The van der Waals surface area contributed by atoms with Gasteiger partial charge < -0.3 is 14.5 Å². The molecule has 1 aromatic carbocycles. The van der Waals surface area contributed by atoms with Gasteiger partial charge in [0.15, 0.2) is 0 Å². The average Bonchev–Trinajstić information content (AvgIpc) is 2.86. The van der Waals surface area contributed by atoms with Crippen LogP contribution in [0.5, 0.6) is 0 Å². The number of para-hydroxylation sites is 1. The van der Waals surface area contributed by atoms with E-state index in [1.807, 2.05) is 25.2 Å². The molecule has 0 amide bonds. The quantitative estimate of drug-likeness (QED) is 0.732. The van der Waals surface area contributed by atoms with Gasteiger partial charge in [0.05, 0.1) is 12.6 Å². The largest absolute Gasteiger partial charge is 0.459 e. The summed E-state index contributed by atoms with van der Waals surface area (Å²) in [6.07, 6.45) is 3.59. The van der Waals surface area contributed by atoms with Crippen LogP contribution in [-0.4, -0.2) is 20.3 Å². The topological polar surface area (TPSA) is 34.4 Å². The van der Waals surface area contributed by atoms with Gasteiger partial charge in [0, 0.05) is 12.0 Å². The number of ether oxygens (including phenoxy) is 1. The van der Waals surface area contributed by atoms with Gasteiger partial charge in [-0.25, -0.2) is 0 Å². The molecular formula is C16H23NO2. The molecule has 1 unspecified atom stereocenters. The molecule has 0 aliphatic rings. The Morgan fingerprint density at radius 2 is 2.11 bits per heavy atom. The minimum atomic E-state index is 0.119. The molecule has 2 rings (SSSR count). The molecule has 3 heteroatoms. The standard InChI is InChI=1S/C16H23NO2/c1-3-4-7-10-18-12-14(17-2)16-11-13-8-5-6-9-15(13)19-16/h5-6,8-9,11,14,17H,3-4,7,10,12H2,1-2H3. The third-order valence-corrected chi connectivity index (χ3v) is 3.31. The molecular weight excluding hydrogens is 238 g/mol. The summed E-state index contributed by atoms with van der Waals surface area (Å²) >= 11 is 0. The van der Waals surface area contributed by atoms with Crippen molar-refractivity contribution in [3.8, 4) is 0 Å². The maximum Gasteiger partial charge on any atom is 0.134 e. The van der Waals surface area contributed by atoms with Crippen LogP contribution in [0.4, 0.5) is 0 Å². The second-order valence-electron chi connectivity index (χ2n) is 4.81. The molecule has 1 atom stereocenters. The van der Waals surface area contributed by atoms with E-state index in [-0.39, 0.29) is 6.04 Å². The van der Waals surface area contributed by atoms with E-state index in [1.54, 1.807) is 0 Å². The van der Waals surface area contributed by atoms with Crippen molar-refractivity contribution in [2.75, 3.05) is 20.3 Å². The maximum atomic E-state index is 5.86. The lowest BCUT2D eigenvalue weighted by Gasteiger charge is -2.13. The van der Waals surface area contributed by atoms with Crippen LogP contribution in [0.15, 0.2) is 34.7 Å². The number of rotatable bonds is 8. The molecule has 0 bridgehead atoms. The second-order valence-corrected chi connectivity index (χ2v) is 4.81. The average molecular weight is 261 g/mol. The van der Waals surface area contributed by atoms with E-state index in [0.717, 1.165) is 29.8 Å². The van der Waals surface area contributed by atoms with Crippen LogP contribution in [0.1, 0.15) is 38.0 Å². The fraction of sp³-hybridized carbons (Fsp3) is 0.500. The van der Waals surface area contributed by atoms with E-state index < -0.39 is 0 Å². The fourth-order valence-electron chi connectivity index (χ4n) is 2.14. The molecule has 0 aliphatic carbocycles. The molecule has 104 valence electrons. The van der Waals surface area contributed by atoms with Crippen molar-refractivity contribution in [1.29, 1.82) is 0 Å². The first-order valence-corrected chi connectivity index (χ1v) is 7.08. The first-order valence-electron chi connectivity index (χ1n) is 7.08. The number of nitrogens with one attached hydrogen (secondary N) is 1. The molecule has 0 radical (unpaired) electrons. The van der Waals surface area contributed by atoms with Crippen molar-refractivity contribution in [2.45, 2.75) is 32.2 Å². The highest BCUT2D eigenvalue weighted by Gasteiger charge is 2.14. The van der Waals surface area contributed by atoms with E-state index in [0.29, 0.717) is 6.61 Å². The van der Waals surface area contributed by atoms with E-state index in [2.05, 4.69) is 24.4 Å². The van der Waals surface area contributed by atoms with Crippen LogP contribution in [0.3, 0.4) is 0 Å². The lowest BCUT2D eigenvalue weighted by atomic mass is 10.2. The van der Waals surface area contributed by atoms with Gasteiger partial charge >= 0.3 is 0 Å². The number of benzene rings is 1. The van der Waals surface area contributed by atoms with Gasteiger partial charge in [-0.1, -0.05) is 38.0 Å². The molecule has 0 spiro atoms.